The lowest BCUT2D eigenvalue weighted by molar-refractivity contribution is 0.261. The maximum absolute atomic E-state index is 4.10. The van der Waals surface area contributed by atoms with E-state index in [1.54, 1.807) is 12.5 Å². The fourth-order valence-electron chi connectivity index (χ4n) is 1.29. The third kappa shape index (κ3) is 4.25. The largest absolute Gasteiger partial charge is 0.369 e. The van der Waals surface area contributed by atoms with Crippen molar-refractivity contribution in [3.8, 4) is 0 Å². The van der Waals surface area contributed by atoms with Crippen molar-refractivity contribution in [2.24, 2.45) is 0 Å². The van der Waals surface area contributed by atoms with E-state index in [1.165, 1.54) is 6.42 Å². The van der Waals surface area contributed by atoms with Gasteiger partial charge in [-0.25, -0.2) is 9.97 Å². The predicted molar refractivity (Wildman–Crippen MR) is 62.9 cm³/mol. The average molecular weight is 208 g/mol. The molecule has 0 saturated heterocycles. The van der Waals surface area contributed by atoms with Gasteiger partial charge in [0, 0.05) is 25.3 Å². The minimum absolute atomic E-state index is 0.636. The van der Waals surface area contributed by atoms with E-state index in [0.717, 1.165) is 18.9 Å². The van der Waals surface area contributed by atoms with Crippen LogP contribution >= 0.6 is 0 Å². The van der Waals surface area contributed by atoms with Gasteiger partial charge in [-0.1, -0.05) is 6.92 Å². The highest BCUT2D eigenvalue weighted by molar-refractivity contribution is 5.31. The summed E-state index contributed by atoms with van der Waals surface area (Å²) in [5.41, 5.74) is 0. The molecule has 0 bridgehead atoms. The summed E-state index contributed by atoms with van der Waals surface area (Å²) in [4.78, 5) is 10.3. The number of anilines is 1. The molecule has 1 aromatic heterocycles. The number of rotatable bonds is 6. The monoisotopic (exact) mass is 208 g/mol. The zero-order valence-electron chi connectivity index (χ0n) is 9.77. The van der Waals surface area contributed by atoms with Crippen molar-refractivity contribution < 1.29 is 0 Å². The minimum atomic E-state index is 0.636. The lowest BCUT2D eigenvalue weighted by Gasteiger charge is -2.23. The van der Waals surface area contributed by atoms with Gasteiger partial charge < -0.3 is 10.2 Å². The molecule has 1 rings (SSSR count). The Morgan fingerprint density at radius 2 is 2.33 bits per heavy atom. The van der Waals surface area contributed by atoms with Crippen molar-refractivity contribution >= 4 is 5.82 Å². The number of hydrogen-bond donors (Lipinski definition) is 1. The quantitative estimate of drug-likeness (QED) is 0.771. The van der Waals surface area contributed by atoms with Gasteiger partial charge in [0.25, 0.3) is 0 Å². The highest BCUT2D eigenvalue weighted by atomic mass is 15.1. The Kier molecular flexibility index (Phi) is 5.04. The van der Waals surface area contributed by atoms with Crippen LogP contribution < -0.4 is 5.32 Å². The molecule has 1 aromatic rings. The summed E-state index contributed by atoms with van der Waals surface area (Å²) in [6.07, 6.45) is 4.48. The summed E-state index contributed by atoms with van der Waals surface area (Å²) < 4.78 is 0. The Morgan fingerprint density at radius 1 is 1.53 bits per heavy atom. The van der Waals surface area contributed by atoms with Crippen LogP contribution in [0.15, 0.2) is 18.6 Å². The molecule has 1 atom stereocenters. The lowest BCUT2D eigenvalue weighted by atomic mass is 10.2. The molecule has 0 amide bonds. The van der Waals surface area contributed by atoms with Gasteiger partial charge in [-0.15, -0.1) is 0 Å². The van der Waals surface area contributed by atoms with E-state index < -0.39 is 0 Å². The molecule has 15 heavy (non-hydrogen) atoms. The third-order valence-electron chi connectivity index (χ3n) is 2.70. The molecule has 0 aromatic carbocycles. The van der Waals surface area contributed by atoms with Crippen LogP contribution in [0.3, 0.4) is 0 Å². The van der Waals surface area contributed by atoms with Crippen LogP contribution in [0.1, 0.15) is 20.3 Å². The second-order valence-electron chi connectivity index (χ2n) is 3.76. The minimum Gasteiger partial charge on any atom is -0.369 e. The molecule has 1 heterocycles. The topological polar surface area (TPSA) is 41.0 Å². The Balaban J connectivity index is 2.22. The molecule has 0 spiro atoms. The Bertz CT molecular complexity index is 263. The number of nitrogens with zero attached hydrogens (tertiary/aromatic N) is 3. The van der Waals surface area contributed by atoms with Crippen molar-refractivity contribution in [1.29, 1.82) is 0 Å². The predicted octanol–water partition coefficient (Wildman–Crippen LogP) is 1.62. The van der Waals surface area contributed by atoms with Gasteiger partial charge in [0.2, 0.25) is 0 Å². The molecule has 4 nitrogen and oxygen atoms in total. The van der Waals surface area contributed by atoms with Crippen molar-refractivity contribution in [1.82, 2.24) is 14.9 Å². The maximum atomic E-state index is 4.10. The molecule has 0 aliphatic heterocycles. The third-order valence-corrected chi connectivity index (χ3v) is 2.70. The van der Waals surface area contributed by atoms with E-state index in [0.29, 0.717) is 6.04 Å². The molecule has 84 valence electrons. The average Bonchev–Trinajstić information content (AvgIpc) is 2.29. The summed E-state index contributed by atoms with van der Waals surface area (Å²) in [5, 5.41) is 3.26. The van der Waals surface area contributed by atoms with E-state index in [-0.39, 0.29) is 0 Å². The Labute approximate surface area is 91.7 Å². The molecule has 0 aliphatic carbocycles. The van der Waals surface area contributed by atoms with Gasteiger partial charge in [-0.05, 0) is 26.5 Å². The second kappa shape index (κ2) is 6.35. The van der Waals surface area contributed by atoms with Gasteiger partial charge in [0.05, 0.1) is 0 Å². The number of nitrogens with one attached hydrogen (secondary N) is 1. The lowest BCUT2D eigenvalue weighted by Crippen LogP contribution is -2.32. The molecule has 0 saturated carbocycles. The molecule has 0 aliphatic rings. The van der Waals surface area contributed by atoms with Crippen LogP contribution in [0.2, 0.25) is 0 Å². The molecule has 0 radical (unpaired) electrons. The van der Waals surface area contributed by atoms with Crippen molar-refractivity contribution in [3.05, 3.63) is 18.6 Å². The summed E-state index contributed by atoms with van der Waals surface area (Å²) in [7, 11) is 2.15. The summed E-state index contributed by atoms with van der Waals surface area (Å²) in [5.74, 6) is 0.891. The van der Waals surface area contributed by atoms with E-state index in [2.05, 4.69) is 41.1 Å². The van der Waals surface area contributed by atoms with Crippen LogP contribution in [0, 0.1) is 0 Å². The fourth-order valence-corrected chi connectivity index (χ4v) is 1.29. The van der Waals surface area contributed by atoms with Crippen molar-refractivity contribution in [2.75, 3.05) is 25.5 Å². The standard InChI is InChI=1S/C11H20N4/c1-4-10(2)15(3)8-7-13-11-5-6-12-9-14-11/h5-6,9-10H,4,7-8H2,1-3H3,(H,12,13,14). The Morgan fingerprint density at radius 3 is 2.93 bits per heavy atom. The van der Waals surface area contributed by atoms with Crippen LogP contribution in [0.4, 0.5) is 5.82 Å². The highest BCUT2D eigenvalue weighted by Crippen LogP contribution is 2.00. The van der Waals surface area contributed by atoms with Crippen LogP contribution in [0.25, 0.3) is 0 Å². The molecule has 0 fully saturated rings. The van der Waals surface area contributed by atoms with Crippen molar-refractivity contribution in [2.45, 2.75) is 26.3 Å². The normalized spacial score (nSPS) is 12.8. The SMILES string of the molecule is CCC(C)N(C)CCNc1ccncn1. The Hall–Kier alpha value is -1.16. The summed E-state index contributed by atoms with van der Waals surface area (Å²) in [6, 6.07) is 2.51. The smallest absolute Gasteiger partial charge is 0.129 e. The molecular formula is C11H20N4. The first-order chi connectivity index (χ1) is 7.24. The first-order valence-corrected chi connectivity index (χ1v) is 5.44. The number of likely N-dealkylation sites (N-methyl/N-ethyl adjacent to an activating group) is 1. The van der Waals surface area contributed by atoms with Gasteiger partial charge >= 0.3 is 0 Å². The maximum Gasteiger partial charge on any atom is 0.129 e. The molecule has 4 heteroatoms. The van der Waals surface area contributed by atoms with Crippen LogP contribution in [-0.2, 0) is 0 Å². The number of aromatic nitrogens is 2. The van der Waals surface area contributed by atoms with Gasteiger partial charge in [-0.2, -0.15) is 0 Å². The van der Waals surface area contributed by atoms with Crippen molar-refractivity contribution in [3.63, 3.8) is 0 Å². The molecular weight excluding hydrogens is 188 g/mol. The summed E-state index contributed by atoms with van der Waals surface area (Å²) in [6.45, 7) is 6.39. The molecule has 1 N–H and O–H groups in total. The van der Waals surface area contributed by atoms with Crippen LogP contribution in [0.5, 0.6) is 0 Å². The zero-order valence-corrected chi connectivity index (χ0v) is 9.77. The highest BCUT2D eigenvalue weighted by Gasteiger charge is 2.05. The first-order valence-electron chi connectivity index (χ1n) is 5.44. The summed E-state index contributed by atoms with van der Waals surface area (Å²) >= 11 is 0. The second-order valence-corrected chi connectivity index (χ2v) is 3.76. The van der Waals surface area contributed by atoms with Crippen LogP contribution in [-0.4, -0.2) is 41.0 Å². The molecule has 1 unspecified atom stereocenters. The van der Waals surface area contributed by atoms with E-state index in [4.69, 9.17) is 0 Å². The fraction of sp³-hybridized carbons (Fsp3) is 0.636. The van der Waals surface area contributed by atoms with E-state index in [9.17, 15) is 0 Å². The van der Waals surface area contributed by atoms with Gasteiger partial charge in [-0.3, -0.25) is 0 Å². The number of hydrogen-bond acceptors (Lipinski definition) is 4. The zero-order chi connectivity index (χ0) is 11.1. The first kappa shape index (κ1) is 11.9. The van der Waals surface area contributed by atoms with E-state index in [1.807, 2.05) is 6.07 Å². The van der Waals surface area contributed by atoms with Gasteiger partial charge in [0.15, 0.2) is 0 Å². The van der Waals surface area contributed by atoms with Gasteiger partial charge in [0.1, 0.15) is 12.1 Å². The van der Waals surface area contributed by atoms with E-state index >= 15 is 0 Å².